The van der Waals surface area contributed by atoms with Crippen LogP contribution in [0, 0.1) is 0 Å². The van der Waals surface area contributed by atoms with Gasteiger partial charge in [-0.15, -0.1) is 0 Å². The Morgan fingerprint density at radius 1 is 1.22 bits per heavy atom. The first-order chi connectivity index (χ1) is 8.51. The molecule has 0 aliphatic heterocycles. The van der Waals surface area contributed by atoms with Crippen LogP contribution in [0.3, 0.4) is 0 Å². The van der Waals surface area contributed by atoms with Crippen LogP contribution in [0.2, 0.25) is 0 Å². The molecule has 0 bridgehead atoms. The lowest BCUT2D eigenvalue weighted by atomic mass is 9.79. The molecule has 1 aromatic rings. The third-order valence-electron chi connectivity index (χ3n) is 3.39. The number of benzene rings is 1. The molecule has 3 heteroatoms. The fraction of sp³-hybridized carbons (Fsp3) is 0.533. The van der Waals surface area contributed by atoms with Crippen molar-refractivity contribution in [3.8, 4) is 5.75 Å². The Balaban J connectivity index is 2.29. The first-order valence-electron chi connectivity index (χ1n) is 6.51. The quantitative estimate of drug-likeness (QED) is 0.894. The monoisotopic (exact) mass is 248 g/mol. The van der Waals surface area contributed by atoms with Crippen LogP contribution >= 0.6 is 0 Å². The van der Waals surface area contributed by atoms with Crippen molar-refractivity contribution in [3.05, 3.63) is 29.8 Å². The first kappa shape index (κ1) is 13.1. The maximum absolute atomic E-state index is 11.3. The van der Waals surface area contributed by atoms with Gasteiger partial charge in [0.15, 0.2) is 0 Å². The third-order valence-corrected chi connectivity index (χ3v) is 3.39. The standard InChI is InChI=1S/C15H20O3/c1-11(2)18-14-6-4-3-5-13(14)15(17)9-7-12(16)8-10-15/h3-6,11,17H,7-10H2,1-2H3. The van der Waals surface area contributed by atoms with E-state index in [0.29, 0.717) is 25.7 Å². The minimum atomic E-state index is -0.917. The van der Waals surface area contributed by atoms with Gasteiger partial charge in [-0.3, -0.25) is 4.79 Å². The zero-order valence-corrected chi connectivity index (χ0v) is 11.0. The van der Waals surface area contributed by atoms with Gasteiger partial charge >= 0.3 is 0 Å². The molecule has 1 aliphatic carbocycles. The molecule has 1 fully saturated rings. The highest BCUT2D eigenvalue weighted by atomic mass is 16.5. The molecule has 1 aliphatic rings. The molecular weight excluding hydrogens is 228 g/mol. The number of rotatable bonds is 3. The predicted octanol–water partition coefficient (Wildman–Crippen LogP) is 2.80. The van der Waals surface area contributed by atoms with Crippen molar-refractivity contribution in [1.82, 2.24) is 0 Å². The lowest BCUT2D eigenvalue weighted by Crippen LogP contribution is -2.32. The number of carbonyl (C=O) groups excluding carboxylic acids is 1. The van der Waals surface area contributed by atoms with Crippen LogP contribution in [-0.2, 0) is 10.4 Å². The Morgan fingerprint density at radius 2 is 1.83 bits per heavy atom. The maximum Gasteiger partial charge on any atom is 0.133 e. The van der Waals surface area contributed by atoms with E-state index in [2.05, 4.69) is 0 Å². The van der Waals surface area contributed by atoms with Crippen LogP contribution in [0.5, 0.6) is 5.75 Å². The number of ketones is 1. The molecule has 0 heterocycles. The van der Waals surface area contributed by atoms with Gasteiger partial charge in [-0.1, -0.05) is 18.2 Å². The number of carbonyl (C=O) groups is 1. The van der Waals surface area contributed by atoms with E-state index in [1.807, 2.05) is 38.1 Å². The van der Waals surface area contributed by atoms with E-state index >= 15 is 0 Å². The van der Waals surface area contributed by atoms with Crippen molar-refractivity contribution in [2.45, 2.75) is 51.2 Å². The number of hydrogen-bond donors (Lipinski definition) is 1. The summed E-state index contributed by atoms with van der Waals surface area (Å²) in [5, 5.41) is 10.7. The van der Waals surface area contributed by atoms with Crippen molar-refractivity contribution >= 4 is 5.78 Å². The minimum Gasteiger partial charge on any atom is -0.491 e. The van der Waals surface area contributed by atoms with Crippen molar-refractivity contribution in [2.24, 2.45) is 0 Å². The van der Waals surface area contributed by atoms with Gasteiger partial charge in [0.1, 0.15) is 11.5 Å². The van der Waals surface area contributed by atoms with Gasteiger partial charge in [0.05, 0.1) is 11.7 Å². The van der Waals surface area contributed by atoms with Crippen molar-refractivity contribution in [2.75, 3.05) is 0 Å². The van der Waals surface area contributed by atoms with Crippen LogP contribution in [0.4, 0.5) is 0 Å². The molecule has 2 rings (SSSR count). The van der Waals surface area contributed by atoms with Gasteiger partial charge in [-0.2, -0.15) is 0 Å². The van der Waals surface area contributed by atoms with Crippen LogP contribution < -0.4 is 4.74 Å². The van der Waals surface area contributed by atoms with Gasteiger partial charge in [0.25, 0.3) is 0 Å². The van der Waals surface area contributed by atoms with Crippen molar-refractivity contribution in [3.63, 3.8) is 0 Å². The third kappa shape index (κ3) is 2.72. The van der Waals surface area contributed by atoms with Gasteiger partial charge in [-0.25, -0.2) is 0 Å². The molecule has 0 radical (unpaired) electrons. The Kier molecular flexibility index (Phi) is 3.71. The number of Topliss-reactive ketones (excluding diaryl/α,β-unsaturated/α-hetero) is 1. The normalized spacial score (nSPS) is 19.0. The van der Waals surface area contributed by atoms with Gasteiger partial charge in [0.2, 0.25) is 0 Å². The van der Waals surface area contributed by atoms with E-state index in [1.165, 1.54) is 0 Å². The fourth-order valence-electron chi connectivity index (χ4n) is 2.42. The SMILES string of the molecule is CC(C)Oc1ccccc1C1(O)CCC(=O)CC1. The molecule has 98 valence electrons. The summed E-state index contributed by atoms with van der Waals surface area (Å²) in [5.74, 6) is 0.964. The number of aliphatic hydroxyl groups is 1. The molecule has 0 atom stereocenters. The highest BCUT2D eigenvalue weighted by molar-refractivity contribution is 5.79. The van der Waals surface area contributed by atoms with E-state index in [4.69, 9.17) is 4.74 Å². The van der Waals surface area contributed by atoms with E-state index < -0.39 is 5.60 Å². The van der Waals surface area contributed by atoms with Gasteiger partial charge in [-0.05, 0) is 32.8 Å². The van der Waals surface area contributed by atoms with Crippen LogP contribution in [0.1, 0.15) is 45.1 Å². The molecule has 18 heavy (non-hydrogen) atoms. The van der Waals surface area contributed by atoms with Gasteiger partial charge in [0, 0.05) is 18.4 Å². The summed E-state index contributed by atoms with van der Waals surface area (Å²) >= 11 is 0. The zero-order valence-electron chi connectivity index (χ0n) is 11.0. The lowest BCUT2D eigenvalue weighted by molar-refractivity contribution is -0.125. The summed E-state index contributed by atoms with van der Waals surface area (Å²) in [6, 6.07) is 7.58. The lowest BCUT2D eigenvalue weighted by Gasteiger charge is -2.33. The summed E-state index contributed by atoms with van der Waals surface area (Å²) < 4.78 is 5.75. The minimum absolute atomic E-state index is 0.0694. The van der Waals surface area contributed by atoms with Crippen molar-refractivity contribution in [1.29, 1.82) is 0 Å². The molecule has 1 aromatic carbocycles. The first-order valence-corrected chi connectivity index (χ1v) is 6.51. The van der Waals surface area contributed by atoms with Gasteiger partial charge < -0.3 is 9.84 Å². The molecule has 0 saturated heterocycles. The van der Waals surface area contributed by atoms with E-state index in [9.17, 15) is 9.90 Å². The van der Waals surface area contributed by atoms with Crippen LogP contribution in [0.15, 0.2) is 24.3 Å². The molecule has 0 spiro atoms. The molecule has 0 unspecified atom stereocenters. The summed E-state index contributed by atoms with van der Waals surface area (Å²) in [6.45, 7) is 3.93. The largest absolute Gasteiger partial charge is 0.491 e. The van der Waals surface area contributed by atoms with E-state index in [-0.39, 0.29) is 11.9 Å². The Labute approximate surface area is 108 Å². The highest BCUT2D eigenvalue weighted by Gasteiger charge is 2.36. The topological polar surface area (TPSA) is 46.5 Å². The molecule has 1 saturated carbocycles. The molecule has 1 N–H and O–H groups in total. The molecule has 0 amide bonds. The summed E-state index contributed by atoms with van der Waals surface area (Å²) in [7, 11) is 0. The second-order valence-electron chi connectivity index (χ2n) is 5.23. The average molecular weight is 248 g/mol. The van der Waals surface area contributed by atoms with Crippen LogP contribution in [-0.4, -0.2) is 17.0 Å². The average Bonchev–Trinajstić information content (AvgIpc) is 2.33. The van der Waals surface area contributed by atoms with E-state index in [1.54, 1.807) is 0 Å². The smallest absolute Gasteiger partial charge is 0.133 e. The highest BCUT2D eigenvalue weighted by Crippen LogP contribution is 2.40. The zero-order chi connectivity index (χ0) is 13.2. The summed E-state index contributed by atoms with van der Waals surface area (Å²) in [6.07, 6.45) is 1.95. The van der Waals surface area contributed by atoms with E-state index in [0.717, 1.165) is 11.3 Å². The number of ether oxygens (including phenoxy) is 1. The second-order valence-corrected chi connectivity index (χ2v) is 5.23. The number of hydrogen-bond acceptors (Lipinski definition) is 3. The predicted molar refractivity (Wildman–Crippen MR) is 69.6 cm³/mol. The number of para-hydroxylation sites is 1. The summed E-state index contributed by atoms with van der Waals surface area (Å²) in [4.78, 5) is 11.3. The van der Waals surface area contributed by atoms with Crippen molar-refractivity contribution < 1.29 is 14.6 Å². The molecule has 3 nitrogen and oxygen atoms in total. The maximum atomic E-state index is 11.3. The Morgan fingerprint density at radius 3 is 2.44 bits per heavy atom. The molecular formula is C15H20O3. The Hall–Kier alpha value is -1.35. The fourth-order valence-corrected chi connectivity index (χ4v) is 2.42. The Bertz CT molecular complexity index is 427. The van der Waals surface area contributed by atoms with Crippen LogP contribution in [0.25, 0.3) is 0 Å². The summed E-state index contributed by atoms with van der Waals surface area (Å²) in [5.41, 5.74) is -0.106. The molecule has 0 aromatic heterocycles. The second kappa shape index (κ2) is 5.11.